The number of hydrogen-bond acceptors (Lipinski definition) is 6. The Kier molecular flexibility index (Phi) is 3.53. The normalized spacial score (nSPS) is 12.1. The van der Waals surface area contributed by atoms with Crippen molar-refractivity contribution in [1.82, 2.24) is 9.97 Å². The summed E-state index contributed by atoms with van der Waals surface area (Å²) in [6.45, 7) is 3.90. The molecule has 2 heterocycles. The largest absolute Gasteiger partial charge is 0.465 e. The topological polar surface area (TPSA) is 75.9 Å². The zero-order valence-electron chi connectivity index (χ0n) is 10.0. The molecule has 0 spiro atoms. The van der Waals surface area contributed by atoms with Gasteiger partial charge in [0.1, 0.15) is 11.2 Å². The van der Waals surface area contributed by atoms with Crippen molar-refractivity contribution in [1.29, 1.82) is 5.26 Å². The van der Waals surface area contributed by atoms with Crippen molar-refractivity contribution in [2.24, 2.45) is 0 Å². The highest BCUT2D eigenvalue weighted by Gasteiger charge is 2.25. The predicted molar refractivity (Wildman–Crippen MR) is 67.1 cm³/mol. The van der Waals surface area contributed by atoms with E-state index in [9.17, 15) is 4.79 Å². The van der Waals surface area contributed by atoms with Crippen molar-refractivity contribution < 1.29 is 9.53 Å². The number of nitriles is 1. The minimum atomic E-state index is -0.996. The van der Waals surface area contributed by atoms with Crippen LogP contribution in [0.2, 0.25) is 0 Å². The number of aromatic nitrogens is 2. The molecule has 92 valence electrons. The van der Waals surface area contributed by atoms with E-state index in [0.717, 1.165) is 15.1 Å². The third kappa shape index (κ3) is 2.17. The highest BCUT2D eigenvalue weighted by atomic mass is 32.1. The zero-order chi connectivity index (χ0) is 13.1. The van der Waals surface area contributed by atoms with Gasteiger partial charge in [-0.1, -0.05) is 0 Å². The summed E-state index contributed by atoms with van der Waals surface area (Å²) in [5.74, 6) is -1.56. The van der Waals surface area contributed by atoms with Gasteiger partial charge in [0.2, 0.25) is 0 Å². The molecule has 2 aromatic rings. The maximum Gasteiger partial charge on any atom is 0.329 e. The number of hydrogen-bond donors (Lipinski definition) is 0. The summed E-state index contributed by atoms with van der Waals surface area (Å²) in [6, 6.07) is 3.83. The van der Waals surface area contributed by atoms with E-state index < -0.39 is 11.9 Å². The van der Waals surface area contributed by atoms with Gasteiger partial charge in [0.15, 0.2) is 5.92 Å². The van der Waals surface area contributed by atoms with Crippen LogP contribution in [-0.4, -0.2) is 22.5 Å². The Hall–Kier alpha value is -2.00. The van der Waals surface area contributed by atoms with Crippen LogP contribution < -0.4 is 0 Å². The maximum atomic E-state index is 11.7. The monoisotopic (exact) mass is 261 g/mol. The molecule has 0 amide bonds. The highest BCUT2D eigenvalue weighted by Crippen LogP contribution is 2.29. The summed E-state index contributed by atoms with van der Waals surface area (Å²) in [7, 11) is 0. The molecule has 2 aromatic heterocycles. The van der Waals surface area contributed by atoms with Crippen LogP contribution in [0.1, 0.15) is 23.4 Å². The summed E-state index contributed by atoms with van der Waals surface area (Å²) in [5.41, 5.74) is 0.422. The van der Waals surface area contributed by atoms with Crippen molar-refractivity contribution in [3.05, 3.63) is 23.0 Å². The van der Waals surface area contributed by atoms with E-state index in [1.165, 1.54) is 17.7 Å². The number of ether oxygens (including phenoxy) is 1. The quantitative estimate of drug-likeness (QED) is 0.791. The van der Waals surface area contributed by atoms with Crippen molar-refractivity contribution in [2.45, 2.75) is 19.8 Å². The average molecular weight is 261 g/mol. The van der Waals surface area contributed by atoms with Crippen molar-refractivity contribution in [2.75, 3.05) is 6.61 Å². The Bertz CT molecular complexity index is 630. The molecule has 6 heteroatoms. The number of rotatable bonds is 3. The van der Waals surface area contributed by atoms with Crippen molar-refractivity contribution >= 4 is 27.5 Å². The predicted octanol–water partition coefficient (Wildman–Crippen LogP) is 2.17. The lowest BCUT2D eigenvalue weighted by Crippen LogP contribution is -2.16. The molecule has 0 aliphatic heterocycles. The molecule has 0 N–H and O–H groups in total. The van der Waals surface area contributed by atoms with E-state index in [-0.39, 0.29) is 6.61 Å². The van der Waals surface area contributed by atoms with Gasteiger partial charge in [-0.15, -0.1) is 11.3 Å². The van der Waals surface area contributed by atoms with Crippen LogP contribution in [0, 0.1) is 18.3 Å². The fraction of sp³-hybridized carbons (Fsp3) is 0.333. The molecular formula is C12H11N3O2S. The Morgan fingerprint density at radius 1 is 1.61 bits per heavy atom. The van der Waals surface area contributed by atoms with Crippen molar-refractivity contribution in [3.8, 4) is 6.07 Å². The van der Waals surface area contributed by atoms with Gasteiger partial charge in [-0.25, -0.2) is 9.97 Å². The van der Waals surface area contributed by atoms with Crippen molar-refractivity contribution in [3.63, 3.8) is 0 Å². The molecule has 0 saturated carbocycles. The number of esters is 1. The molecule has 0 saturated heterocycles. The van der Waals surface area contributed by atoms with E-state index in [0.29, 0.717) is 5.69 Å². The first-order valence-electron chi connectivity index (χ1n) is 5.44. The van der Waals surface area contributed by atoms with Gasteiger partial charge in [-0.2, -0.15) is 5.26 Å². The van der Waals surface area contributed by atoms with Crippen LogP contribution in [-0.2, 0) is 9.53 Å². The minimum absolute atomic E-state index is 0.244. The lowest BCUT2D eigenvalue weighted by molar-refractivity contribution is -0.143. The van der Waals surface area contributed by atoms with Crippen LogP contribution in [0.15, 0.2) is 12.4 Å². The van der Waals surface area contributed by atoms with Gasteiger partial charge in [0.05, 0.1) is 18.4 Å². The second kappa shape index (κ2) is 5.10. The van der Waals surface area contributed by atoms with E-state index in [1.807, 2.05) is 19.1 Å². The van der Waals surface area contributed by atoms with Crippen LogP contribution in [0.3, 0.4) is 0 Å². The zero-order valence-corrected chi connectivity index (χ0v) is 10.8. The molecule has 0 aromatic carbocycles. The molecule has 0 fully saturated rings. The standard InChI is InChI=1S/C12H11N3O2S/c1-3-17-12(16)9(5-13)10-8-4-7(2)18-11(8)15-6-14-10/h4,6,9H,3H2,1-2H3. The second-order valence-electron chi connectivity index (χ2n) is 3.65. The molecule has 1 unspecified atom stereocenters. The summed E-state index contributed by atoms with van der Waals surface area (Å²) in [4.78, 5) is 21.8. The molecule has 1 atom stereocenters. The third-order valence-corrected chi connectivity index (χ3v) is 3.37. The SMILES string of the molecule is CCOC(=O)C(C#N)c1ncnc2sc(C)cc12. The van der Waals surface area contributed by atoms with Gasteiger partial charge < -0.3 is 4.74 Å². The van der Waals surface area contributed by atoms with E-state index in [4.69, 9.17) is 10.00 Å². The average Bonchev–Trinajstić information content (AvgIpc) is 2.71. The first-order chi connectivity index (χ1) is 8.67. The Labute approximate surface area is 108 Å². The number of aryl methyl sites for hydroxylation is 1. The third-order valence-electron chi connectivity index (χ3n) is 2.41. The van der Waals surface area contributed by atoms with Gasteiger partial charge in [0.25, 0.3) is 0 Å². The van der Waals surface area contributed by atoms with E-state index in [2.05, 4.69) is 9.97 Å². The Morgan fingerprint density at radius 3 is 3.06 bits per heavy atom. The van der Waals surface area contributed by atoms with Gasteiger partial charge in [0, 0.05) is 10.3 Å². The van der Waals surface area contributed by atoms with Crippen LogP contribution in [0.5, 0.6) is 0 Å². The molecule has 0 radical (unpaired) electrons. The minimum Gasteiger partial charge on any atom is -0.465 e. The molecule has 2 rings (SSSR count). The first kappa shape index (κ1) is 12.5. The van der Waals surface area contributed by atoms with Gasteiger partial charge >= 0.3 is 5.97 Å². The second-order valence-corrected chi connectivity index (χ2v) is 4.88. The number of carbonyl (C=O) groups excluding carboxylic acids is 1. The van der Waals surface area contributed by atoms with E-state index in [1.54, 1.807) is 6.92 Å². The summed E-state index contributed by atoms with van der Waals surface area (Å²) >= 11 is 1.51. The lowest BCUT2D eigenvalue weighted by Gasteiger charge is -2.08. The lowest BCUT2D eigenvalue weighted by atomic mass is 10.0. The number of fused-ring (bicyclic) bond motifs is 1. The highest BCUT2D eigenvalue weighted by molar-refractivity contribution is 7.18. The smallest absolute Gasteiger partial charge is 0.329 e. The maximum absolute atomic E-state index is 11.7. The van der Waals surface area contributed by atoms with E-state index >= 15 is 0 Å². The fourth-order valence-corrected chi connectivity index (χ4v) is 2.53. The van der Waals surface area contributed by atoms with Crippen LogP contribution >= 0.6 is 11.3 Å². The molecular weight excluding hydrogens is 250 g/mol. The first-order valence-corrected chi connectivity index (χ1v) is 6.26. The summed E-state index contributed by atoms with van der Waals surface area (Å²) < 4.78 is 4.89. The Balaban J connectivity index is 2.52. The molecule has 5 nitrogen and oxygen atoms in total. The molecule has 0 aliphatic carbocycles. The molecule has 0 aliphatic rings. The summed E-state index contributed by atoms with van der Waals surface area (Å²) in [5, 5.41) is 9.88. The van der Waals surface area contributed by atoms with Gasteiger partial charge in [-0.3, -0.25) is 4.79 Å². The number of thiophene rings is 1. The molecule has 18 heavy (non-hydrogen) atoms. The molecule has 0 bridgehead atoms. The fourth-order valence-electron chi connectivity index (χ4n) is 1.68. The van der Waals surface area contributed by atoms with Crippen LogP contribution in [0.4, 0.5) is 0 Å². The number of carbonyl (C=O) groups is 1. The van der Waals surface area contributed by atoms with Crippen LogP contribution in [0.25, 0.3) is 10.2 Å². The number of nitrogens with zero attached hydrogens (tertiary/aromatic N) is 3. The summed E-state index contributed by atoms with van der Waals surface area (Å²) in [6.07, 6.45) is 1.37. The van der Waals surface area contributed by atoms with Gasteiger partial charge in [-0.05, 0) is 19.9 Å². The Morgan fingerprint density at radius 2 is 2.39 bits per heavy atom.